The van der Waals surface area contributed by atoms with Crippen LogP contribution in [-0.4, -0.2) is 68.6 Å². The van der Waals surface area contributed by atoms with Crippen LogP contribution in [0.5, 0.6) is 0 Å². The van der Waals surface area contributed by atoms with Crippen LogP contribution >= 0.6 is 0 Å². The molecule has 3 N–H and O–H groups in total. The molecular weight excluding hydrogens is 484 g/mol. The lowest BCUT2D eigenvalue weighted by atomic mass is 9.86. The van der Waals surface area contributed by atoms with Crippen LogP contribution in [0.15, 0.2) is 60.7 Å². The van der Waals surface area contributed by atoms with Gasteiger partial charge in [0.2, 0.25) is 0 Å². The molecule has 0 radical (unpaired) electrons. The molecule has 0 saturated carbocycles. The molecule has 0 aliphatic rings. The highest BCUT2D eigenvalue weighted by Gasteiger charge is 2.50. The summed E-state index contributed by atoms with van der Waals surface area (Å²) in [4.78, 5) is 0. The summed E-state index contributed by atoms with van der Waals surface area (Å²) in [6.45, 7) is 13.0. The molecule has 0 spiro atoms. The van der Waals surface area contributed by atoms with Crippen LogP contribution in [0.4, 0.5) is 0 Å². The average molecular weight is 533 g/mol. The van der Waals surface area contributed by atoms with Crippen LogP contribution < -0.4 is 10.4 Å². The van der Waals surface area contributed by atoms with Gasteiger partial charge in [-0.3, -0.25) is 0 Å². The fraction of sp³-hybridized carbons (Fsp3) is 0.600. The van der Waals surface area contributed by atoms with Crippen molar-refractivity contribution in [3.63, 3.8) is 0 Å². The molecule has 0 aromatic heterocycles. The molecule has 0 aliphatic heterocycles. The minimum atomic E-state index is -2.63. The summed E-state index contributed by atoms with van der Waals surface area (Å²) in [6.07, 6.45) is 0.628. The molecule has 0 bridgehead atoms. The van der Waals surface area contributed by atoms with Crippen molar-refractivity contribution in [1.82, 2.24) is 0 Å². The zero-order valence-corrected chi connectivity index (χ0v) is 24.6. The van der Waals surface area contributed by atoms with Crippen molar-refractivity contribution in [1.29, 1.82) is 0 Å². The molecule has 1 atom stereocenters. The van der Waals surface area contributed by atoms with Crippen LogP contribution in [-0.2, 0) is 13.9 Å². The smallest absolute Gasteiger partial charge is 0.261 e. The summed E-state index contributed by atoms with van der Waals surface area (Å²) in [5.74, 6) is 0. The van der Waals surface area contributed by atoms with Crippen LogP contribution in [0.2, 0.25) is 5.04 Å². The van der Waals surface area contributed by atoms with E-state index in [1.54, 1.807) is 0 Å². The molecule has 2 aromatic carbocycles. The zero-order chi connectivity index (χ0) is 27.6. The molecular formula is C30H48O6Si. The molecule has 0 heterocycles. The largest absolute Gasteiger partial charge is 0.407 e. The van der Waals surface area contributed by atoms with Gasteiger partial charge in [0.05, 0.1) is 32.0 Å². The molecule has 7 heteroatoms. The third-order valence-electron chi connectivity index (χ3n) is 6.66. The van der Waals surface area contributed by atoms with Gasteiger partial charge in [-0.1, -0.05) is 81.4 Å². The molecule has 1 unspecified atom stereocenters. The lowest BCUT2D eigenvalue weighted by Crippen LogP contribution is -2.66. The molecule has 6 nitrogen and oxygen atoms in total. The third-order valence-corrected chi connectivity index (χ3v) is 11.7. The Morgan fingerprint density at radius 2 is 1.30 bits per heavy atom. The molecule has 208 valence electrons. The van der Waals surface area contributed by atoms with E-state index >= 15 is 0 Å². The van der Waals surface area contributed by atoms with E-state index in [0.717, 1.165) is 0 Å². The standard InChI is InChI=1S/C30H48O6Si/c1-28(2,3)36-27(33)18-21-34-24-30(22-31,23-32)19-13-20-35-37(29(4,5)6,25-14-9-7-10-15-25)26-16-11-8-12-17-26/h7-12,14-17,27,31-33H,13,18-24H2,1-6H3. The molecule has 0 aliphatic carbocycles. The topological polar surface area (TPSA) is 88.4 Å². The lowest BCUT2D eigenvalue weighted by molar-refractivity contribution is -0.175. The summed E-state index contributed by atoms with van der Waals surface area (Å²) < 4.78 is 18.2. The first-order valence-corrected chi connectivity index (χ1v) is 15.2. The maximum atomic E-state index is 10.1. The third kappa shape index (κ3) is 8.99. The van der Waals surface area contributed by atoms with Gasteiger partial charge in [0.1, 0.15) is 0 Å². The monoisotopic (exact) mass is 532 g/mol. The van der Waals surface area contributed by atoms with Gasteiger partial charge in [0, 0.05) is 18.4 Å². The van der Waals surface area contributed by atoms with Crippen molar-refractivity contribution in [3.05, 3.63) is 60.7 Å². The number of benzene rings is 2. The van der Waals surface area contributed by atoms with Crippen molar-refractivity contribution in [2.45, 2.75) is 77.7 Å². The van der Waals surface area contributed by atoms with E-state index in [1.165, 1.54) is 10.4 Å². The molecule has 2 rings (SSSR count). The number of hydrogen-bond acceptors (Lipinski definition) is 6. The summed E-state index contributed by atoms with van der Waals surface area (Å²) in [7, 11) is -2.63. The predicted octanol–water partition coefficient (Wildman–Crippen LogP) is 3.85. The Morgan fingerprint density at radius 1 is 0.784 bits per heavy atom. The summed E-state index contributed by atoms with van der Waals surface area (Å²) in [6, 6.07) is 21.0. The summed E-state index contributed by atoms with van der Waals surface area (Å²) in [5.41, 5.74) is -1.21. The Kier molecular flexibility index (Phi) is 12.0. The van der Waals surface area contributed by atoms with Crippen molar-refractivity contribution in [2.24, 2.45) is 5.41 Å². The van der Waals surface area contributed by atoms with E-state index in [0.29, 0.717) is 25.9 Å². The van der Waals surface area contributed by atoms with E-state index < -0.39 is 25.6 Å². The number of aliphatic hydroxyl groups is 3. The zero-order valence-electron chi connectivity index (χ0n) is 23.6. The average Bonchev–Trinajstić information content (AvgIpc) is 2.85. The van der Waals surface area contributed by atoms with Gasteiger partial charge in [-0.2, -0.15) is 0 Å². The molecule has 2 aromatic rings. The normalized spacial score (nSPS) is 14.1. The van der Waals surface area contributed by atoms with E-state index in [1.807, 2.05) is 32.9 Å². The van der Waals surface area contributed by atoms with Crippen molar-refractivity contribution in [3.8, 4) is 0 Å². The Morgan fingerprint density at radius 3 is 1.73 bits per heavy atom. The highest BCUT2D eigenvalue weighted by atomic mass is 28.4. The summed E-state index contributed by atoms with van der Waals surface area (Å²) in [5, 5.41) is 32.6. The van der Waals surface area contributed by atoms with Crippen LogP contribution in [0, 0.1) is 5.41 Å². The van der Waals surface area contributed by atoms with Gasteiger partial charge >= 0.3 is 0 Å². The quantitative estimate of drug-likeness (QED) is 0.183. The van der Waals surface area contributed by atoms with Crippen LogP contribution in [0.1, 0.15) is 60.8 Å². The van der Waals surface area contributed by atoms with Crippen molar-refractivity contribution < 1.29 is 29.2 Å². The fourth-order valence-corrected chi connectivity index (χ4v) is 9.35. The second-order valence-corrected chi connectivity index (χ2v) is 16.3. The van der Waals surface area contributed by atoms with E-state index in [9.17, 15) is 15.3 Å². The second kappa shape index (κ2) is 14.0. The molecule has 0 fully saturated rings. The highest BCUT2D eigenvalue weighted by molar-refractivity contribution is 6.99. The first kappa shape index (κ1) is 31.6. The van der Waals surface area contributed by atoms with E-state index in [4.69, 9.17) is 13.9 Å². The first-order chi connectivity index (χ1) is 17.4. The Balaban J connectivity index is 2.07. The number of rotatable bonds is 15. The van der Waals surface area contributed by atoms with Gasteiger partial charge < -0.3 is 29.2 Å². The highest BCUT2D eigenvalue weighted by Crippen LogP contribution is 2.37. The predicted molar refractivity (Wildman–Crippen MR) is 152 cm³/mol. The van der Waals surface area contributed by atoms with E-state index in [-0.39, 0.29) is 31.5 Å². The maximum absolute atomic E-state index is 10.1. The molecule has 0 saturated heterocycles. The molecule has 0 amide bonds. The van der Waals surface area contributed by atoms with Gasteiger partial charge in [0.15, 0.2) is 6.29 Å². The Bertz CT molecular complexity index is 848. The molecule has 37 heavy (non-hydrogen) atoms. The van der Waals surface area contributed by atoms with Gasteiger partial charge in [-0.05, 0) is 49.0 Å². The first-order valence-electron chi connectivity index (χ1n) is 13.3. The number of hydrogen-bond donors (Lipinski definition) is 3. The van der Waals surface area contributed by atoms with Crippen molar-refractivity contribution in [2.75, 3.05) is 33.0 Å². The lowest BCUT2D eigenvalue weighted by Gasteiger charge is -2.43. The van der Waals surface area contributed by atoms with Gasteiger partial charge in [0.25, 0.3) is 8.32 Å². The van der Waals surface area contributed by atoms with Crippen LogP contribution in [0.25, 0.3) is 0 Å². The van der Waals surface area contributed by atoms with Crippen LogP contribution in [0.3, 0.4) is 0 Å². The van der Waals surface area contributed by atoms with Gasteiger partial charge in [-0.15, -0.1) is 0 Å². The Labute approximate surface area is 224 Å². The van der Waals surface area contributed by atoms with Gasteiger partial charge in [-0.25, -0.2) is 0 Å². The minimum Gasteiger partial charge on any atom is -0.407 e. The van der Waals surface area contributed by atoms with E-state index in [2.05, 4.69) is 69.3 Å². The fourth-order valence-electron chi connectivity index (χ4n) is 4.75. The second-order valence-electron chi connectivity index (χ2n) is 12.0. The maximum Gasteiger partial charge on any atom is 0.261 e. The number of aliphatic hydroxyl groups excluding tert-OH is 3. The minimum absolute atomic E-state index is 0.111. The SMILES string of the molecule is CC(C)(C)OC(O)CCOCC(CO)(CO)CCCO[Si](c1ccccc1)(c1ccccc1)C(C)(C)C. The van der Waals surface area contributed by atoms with Crippen molar-refractivity contribution >= 4 is 18.7 Å². The summed E-state index contributed by atoms with van der Waals surface area (Å²) >= 11 is 0. The number of ether oxygens (including phenoxy) is 2. The Hall–Kier alpha value is -1.58.